The van der Waals surface area contributed by atoms with Crippen molar-refractivity contribution in [1.29, 1.82) is 0 Å². The van der Waals surface area contributed by atoms with Gasteiger partial charge in [0.15, 0.2) is 17.7 Å². The first kappa shape index (κ1) is 11.5. The minimum atomic E-state index is -0.462. The molecule has 1 heterocycles. The number of rotatable bonds is 3. The van der Waals surface area contributed by atoms with Crippen LogP contribution in [0.4, 0.5) is 4.39 Å². The highest BCUT2D eigenvalue weighted by Crippen LogP contribution is 2.09. The normalized spacial score (nSPS) is 10.2. The highest BCUT2D eigenvalue weighted by atomic mass is 19.1. The molecular formula is C14H13FNO+. The first-order chi connectivity index (χ1) is 8.18. The molecule has 0 aliphatic carbocycles. The maximum Gasteiger partial charge on any atom is 0.188 e. The first-order valence-corrected chi connectivity index (χ1v) is 5.40. The summed E-state index contributed by atoms with van der Waals surface area (Å²) in [6.07, 6.45) is 2.07. The maximum atomic E-state index is 13.4. The third kappa shape index (κ3) is 2.56. The van der Waals surface area contributed by atoms with E-state index in [1.165, 1.54) is 12.1 Å². The van der Waals surface area contributed by atoms with Gasteiger partial charge in [0.25, 0.3) is 0 Å². The molecule has 2 nitrogen and oxygen atoms in total. The van der Waals surface area contributed by atoms with Gasteiger partial charge in [0.1, 0.15) is 12.9 Å². The lowest BCUT2D eigenvalue weighted by Gasteiger charge is -2.01. The molecule has 0 bridgehead atoms. The second-order valence-electron chi connectivity index (χ2n) is 3.88. The largest absolute Gasteiger partial charge is 0.293 e. The third-order valence-electron chi connectivity index (χ3n) is 2.68. The van der Waals surface area contributed by atoms with Crippen LogP contribution >= 0.6 is 0 Å². The van der Waals surface area contributed by atoms with E-state index in [-0.39, 0.29) is 17.8 Å². The number of Topliss-reactive ketones (excluding diaryl/α,β-unsaturated/α-hetero) is 1. The van der Waals surface area contributed by atoms with Gasteiger partial charge in [-0.2, -0.15) is 0 Å². The number of nitrogens with zero attached hydrogens (tertiary/aromatic N) is 1. The number of aromatic nitrogens is 1. The Morgan fingerprint density at radius 3 is 2.59 bits per heavy atom. The first-order valence-electron chi connectivity index (χ1n) is 5.40. The molecule has 0 atom stereocenters. The minimum Gasteiger partial charge on any atom is -0.293 e. The molecule has 0 N–H and O–H groups in total. The van der Waals surface area contributed by atoms with E-state index < -0.39 is 5.82 Å². The van der Waals surface area contributed by atoms with E-state index in [0.717, 1.165) is 5.69 Å². The number of hydrogen-bond acceptors (Lipinski definition) is 1. The van der Waals surface area contributed by atoms with Crippen LogP contribution in [-0.2, 0) is 13.5 Å². The lowest BCUT2D eigenvalue weighted by Crippen LogP contribution is -2.34. The van der Waals surface area contributed by atoms with Crippen LogP contribution in [0.5, 0.6) is 0 Å². The smallest absolute Gasteiger partial charge is 0.188 e. The van der Waals surface area contributed by atoms with Crippen molar-refractivity contribution >= 4 is 5.78 Å². The monoisotopic (exact) mass is 230 g/mol. The molecule has 1 aromatic carbocycles. The average molecular weight is 230 g/mol. The van der Waals surface area contributed by atoms with E-state index in [9.17, 15) is 9.18 Å². The molecule has 0 fully saturated rings. The van der Waals surface area contributed by atoms with Crippen molar-refractivity contribution in [3.05, 3.63) is 65.7 Å². The van der Waals surface area contributed by atoms with Crippen LogP contribution in [-0.4, -0.2) is 5.78 Å². The molecule has 86 valence electrons. The number of benzene rings is 1. The number of carbonyl (C=O) groups is 1. The summed E-state index contributed by atoms with van der Waals surface area (Å²) in [5.41, 5.74) is 1.01. The van der Waals surface area contributed by atoms with Crippen LogP contribution in [0, 0.1) is 5.82 Å². The zero-order valence-corrected chi connectivity index (χ0v) is 9.56. The number of aryl methyl sites for hydroxylation is 1. The molecule has 0 aliphatic heterocycles. The fraction of sp³-hybridized carbons (Fsp3) is 0.143. The van der Waals surface area contributed by atoms with Crippen molar-refractivity contribution in [2.75, 3.05) is 0 Å². The van der Waals surface area contributed by atoms with Crippen molar-refractivity contribution in [2.45, 2.75) is 6.42 Å². The predicted molar refractivity (Wildman–Crippen MR) is 62.1 cm³/mol. The summed E-state index contributed by atoms with van der Waals surface area (Å²) in [5.74, 6) is -0.666. The fourth-order valence-corrected chi connectivity index (χ4v) is 1.69. The number of hydrogen-bond donors (Lipinski definition) is 0. The predicted octanol–water partition coefficient (Wildman–Crippen LogP) is 2.08. The van der Waals surface area contributed by atoms with Gasteiger partial charge >= 0.3 is 0 Å². The molecule has 3 heteroatoms. The van der Waals surface area contributed by atoms with Crippen molar-refractivity contribution < 1.29 is 13.8 Å². The molecule has 0 aliphatic rings. The molecular weight excluding hydrogens is 217 g/mol. The van der Waals surface area contributed by atoms with E-state index in [2.05, 4.69) is 0 Å². The van der Waals surface area contributed by atoms with Gasteiger partial charge in [-0.15, -0.1) is 0 Å². The SMILES string of the molecule is C[n+]1ccccc1CC(=O)c1ccccc1F. The van der Waals surface area contributed by atoms with E-state index >= 15 is 0 Å². The zero-order chi connectivity index (χ0) is 12.3. The number of halogens is 1. The van der Waals surface area contributed by atoms with Crippen LogP contribution in [0.3, 0.4) is 0 Å². The number of pyridine rings is 1. The lowest BCUT2D eigenvalue weighted by atomic mass is 10.1. The van der Waals surface area contributed by atoms with Gasteiger partial charge in [0.2, 0.25) is 0 Å². The summed E-state index contributed by atoms with van der Waals surface area (Å²) in [5, 5.41) is 0. The fourth-order valence-electron chi connectivity index (χ4n) is 1.69. The standard InChI is InChI=1S/C14H13FNO/c1-16-9-5-4-6-11(16)10-14(17)12-7-2-3-8-13(12)15/h2-9H,10H2,1H3/q+1. The Balaban J connectivity index is 2.24. The molecule has 0 saturated heterocycles. The van der Waals surface area contributed by atoms with Gasteiger partial charge in [-0.1, -0.05) is 18.2 Å². The highest BCUT2D eigenvalue weighted by Gasteiger charge is 2.15. The lowest BCUT2D eigenvalue weighted by molar-refractivity contribution is -0.678. The maximum absolute atomic E-state index is 13.4. The molecule has 0 amide bonds. The number of ketones is 1. The molecule has 2 aromatic rings. The van der Waals surface area contributed by atoms with Crippen LogP contribution < -0.4 is 4.57 Å². The van der Waals surface area contributed by atoms with E-state index in [1.54, 1.807) is 12.1 Å². The van der Waals surface area contributed by atoms with Gasteiger partial charge in [-0.3, -0.25) is 4.79 Å². The number of carbonyl (C=O) groups excluding carboxylic acids is 1. The summed E-state index contributed by atoms with van der Waals surface area (Å²) in [6.45, 7) is 0. The van der Waals surface area contributed by atoms with Crippen molar-refractivity contribution in [3.63, 3.8) is 0 Å². The molecule has 0 unspecified atom stereocenters. The molecule has 1 aromatic heterocycles. The third-order valence-corrected chi connectivity index (χ3v) is 2.68. The van der Waals surface area contributed by atoms with Gasteiger partial charge in [0, 0.05) is 12.1 Å². The van der Waals surface area contributed by atoms with Gasteiger partial charge < -0.3 is 0 Å². The summed E-state index contributed by atoms with van der Waals surface area (Å²) < 4.78 is 15.3. The topological polar surface area (TPSA) is 20.9 Å². The second kappa shape index (κ2) is 4.87. The molecule has 0 saturated carbocycles. The van der Waals surface area contributed by atoms with Crippen LogP contribution in [0.2, 0.25) is 0 Å². The van der Waals surface area contributed by atoms with Gasteiger partial charge in [-0.05, 0) is 12.1 Å². The Morgan fingerprint density at radius 2 is 1.88 bits per heavy atom. The average Bonchev–Trinajstić information content (AvgIpc) is 2.32. The summed E-state index contributed by atoms with van der Waals surface area (Å²) in [6, 6.07) is 11.7. The van der Waals surface area contributed by atoms with E-state index in [1.807, 2.05) is 36.0 Å². The molecule has 0 spiro atoms. The van der Waals surface area contributed by atoms with E-state index in [0.29, 0.717) is 0 Å². The summed E-state index contributed by atoms with van der Waals surface area (Å²) in [7, 11) is 1.87. The quantitative estimate of drug-likeness (QED) is 0.584. The van der Waals surface area contributed by atoms with Crippen molar-refractivity contribution in [2.24, 2.45) is 7.05 Å². The second-order valence-corrected chi connectivity index (χ2v) is 3.88. The Kier molecular flexibility index (Phi) is 3.28. The Hall–Kier alpha value is -2.03. The van der Waals surface area contributed by atoms with Gasteiger partial charge in [0.05, 0.1) is 12.0 Å². The Bertz CT molecular complexity index is 551. The molecule has 2 rings (SSSR count). The molecule has 0 radical (unpaired) electrons. The Morgan fingerprint density at radius 1 is 1.18 bits per heavy atom. The summed E-state index contributed by atoms with van der Waals surface area (Å²) in [4.78, 5) is 11.9. The summed E-state index contributed by atoms with van der Waals surface area (Å²) >= 11 is 0. The minimum absolute atomic E-state index is 0.149. The molecule has 17 heavy (non-hydrogen) atoms. The van der Waals surface area contributed by atoms with Gasteiger partial charge in [-0.25, -0.2) is 8.96 Å². The van der Waals surface area contributed by atoms with Crippen molar-refractivity contribution in [1.82, 2.24) is 0 Å². The van der Waals surface area contributed by atoms with Crippen LogP contribution in [0.25, 0.3) is 0 Å². The van der Waals surface area contributed by atoms with Crippen LogP contribution in [0.15, 0.2) is 48.7 Å². The van der Waals surface area contributed by atoms with E-state index in [4.69, 9.17) is 0 Å². The van der Waals surface area contributed by atoms with Crippen molar-refractivity contribution in [3.8, 4) is 0 Å². The van der Waals surface area contributed by atoms with Crippen LogP contribution in [0.1, 0.15) is 16.1 Å². The highest BCUT2D eigenvalue weighted by molar-refractivity contribution is 5.97. The Labute approximate surface area is 99.3 Å². The zero-order valence-electron chi connectivity index (χ0n) is 9.56.